The van der Waals surface area contributed by atoms with Gasteiger partial charge in [-0.2, -0.15) is 0 Å². The molecule has 3 aromatic rings. The molecule has 122 valence electrons. The molecule has 7 heteroatoms. The number of alkyl halides is 1. The molecule has 1 aliphatic rings. The van der Waals surface area contributed by atoms with Gasteiger partial charge in [0.15, 0.2) is 0 Å². The van der Waals surface area contributed by atoms with Crippen molar-refractivity contribution in [3.8, 4) is 5.82 Å². The number of hydrogen-bond donors (Lipinski definition) is 0. The summed E-state index contributed by atoms with van der Waals surface area (Å²) in [6.07, 6.45) is 6.61. The Morgan fingerprint density at radius 1 is 1.21 bits per heavy atom. The maximum Gasteiger partial charge on any atom is 0.255 e. The highest BCUT2D eigenvalue weighted by Gasteiger charge is 2.23. The fraction of sp³-hybridized carbons (Fsp3) is 0.294. The fourth-order valence-electron chi connectivity index (χ4n) is 2.99. The molecule has 0 unspecified atom stereocenters. The maximum atomic E-state index is 13.2. The van der Waals surface area contributed by atoms with Gasteiger partial charge in [-0.25, -0.2) is 19.3 Å². The highest BCUT2D eigenvalue weighted by molar-refractivity contribution is 5.97. The van der Waals surface area contributed by atoms with Gasteiger partial charge in [-0.3, -0.25) is 9.36 Å². The topological polar surface area (TPSA) is 63.9 Å². The Labute approximate surface area is 138 Å². The van der Waals surface area contributed by atoms with Gasteiger partial charge in [0.2, 0.25) is 0 Å². The van der Waals surface area contributed by atoms with Crippen LogP contribution in [-0.4, -0.2) is 49.6 Å². The molecular formula is C17H16FN5O. The predicted molar refractivity (Wildman–Crippen MR) is 86.7 cm³/mol. The smallest absolute Gasteiger partial charge is 0.255 e. The van der Waals surface area contributed by atoms with E-state index in [0.717, 1.165) is 16.9 Å². The van der Waals surface area contributed by atoms with E-state index in [1.807, 2.05) is 22.9 Å². The number of nitrogens with zero attached hydrogens (tertiary/aromatic N) is 5. The van der Waals surface area contributed by atoms with Crippen LogP contribution in [0.25, 0.3) is 16.9 Å². The average molecular weight is 325 g/mol. The minimum Gasteiger partial charge on any atom is -0.338 e. The van der Waals surface area contributed by atoms with Crippen LogP contribution in [0, 0.1) is 0 Å². The molecule has 3 aromatic heterocycles. The minimum atomic E-state index is -0.795. The molecule has 0 aromatic carbocycles. The van der Waals surface area contributed by atoms with Gasteiger partial charge in [-0.1, -0.05) is 0 Å². The Hall–Kier alpha value is -2.83. The van der Waals surface area contributed by atoms with Crippen LogP contribution < -0.4 is 0 Å². The normalized spacial score (nSPS) is 15.8. The molecule has 6 nitrogen and oxygen atoms in total. The molecule has 1 amide bonds. The summed E-state index contributed by atoms with van der Waals surface area (Å²) in [6, 6.07) is 5.51. The van der Waals surface area contributed by atoms with Gasteiger partial charge in [0.05, 0.1) is 5.56 Å². The van der Waals surface area contributed by atoms with Crippen LogP contribution in [0.4, 0.5) is 4.39 Å². The molecule has 0 aliphatic carbocycles. The quantitative estimate of drug-likeness (QED) is 0.726. The van der Waals surface area contributed by atoms with E-state index in [9.17, 15) is 9.18 Å². The van der Waals surface area contributed by atoms with Crippen molar-refractivity contribution in [1.29, 1.82) is 0 Å². The summed E-state index contributed by atoms with van der Waals surface area (Å²) in [5, 5.41) is 0.861. The van der Waals surface area contributed by atoms with Crippen molar-refractivity contribution in [2.24, 2.45) is 0 Å². The Kier molecular flexibility index (Phi) is 3.68. The Morgan fingerprint density at radius 3 is 2.79 bits per heavy atom. The average Bonchev–Trinajstić information content (AvgIpc) is 3.05. The summed E-state index contributed by atoms with van der Waals surface area (Å²) in [6.45, 7) is 0.917. The van der Waals surface area contributed by atoms with Crippen LogP contribution in [0.15, 0.2) is 43.1 Å². The summed E-state index contributed by atoms with van der Waals surface area (Å²) < 4.78 is 15.1. The monoisotopic (exact) mass is 325 g/mol. The number of carbonyl (C=O) groups excluding carboxylic acids is 1. The second kappa shape index (κ2) is 5.99. The predicted octanol–water partition coefficient (Wildman–Crippen LogP) is 2.39. The second-order valence-electron chi connectivity index (χ2n) is 5.86. The molecule has 1 aliphatic heterocycles. The van der Waals surface area contributed by atoms with Crippen LogP contribution in [-0.2, 0) is 0 Å². The number of pyridine rings is 1. The van der Waals surface area contributed by atoms with Crippen molar-refractivity contribution in [3.05, 3.63) is 48.7 Å². The molecule has 0 radical (unpaired) electrons. The third-order valence-electron chi connectivity index (χ3n) is 4.30. The lowest BCUT2D eigenvalue weighted by Crippen LogP contribution is -2.39. The van der Waals surface area contributed by atoms with Crippen LogP contribution in [0.5, 0.6) is 0 Å². The fourth-order valence-corrected chi connectivity index (χ4v) is 2.99. The summed E-state index contributed by atoms with van der Waals surface area (Å²) in [5.74, 6) is 0.627. The van der Waals surface area contributed by atoms with Crippen molar-refractivity contribution in [2.45, 2.75) is 19.0 Å². The zero-order valence-electron chi connectivity index (χ0n) is 13.0. The number of fused-ring (bicyclic) bond motifs is 1. The number of hydrogen-bond acceptors (Lipinski definition) is 4. The molecule has 1 fully saturated rings. The van der Waals surface area contributed by atoms with E-state index in [-0.39, 0.29) is 5.91 Å². The van der Waals surface area contributed by atoms with Gasteiger partial charge >= 0.3 is 0 Å². The van der Waals surface area contributed by atoms with Crippen molar-refractivity contribution in [3.63, 3.8) is 0 Å². The van der Waals surface area contributed by atoms with Gasteiger partial charge in [-0.05, 0) is 31.0 Å². The number of carbonyl (C=O) groups is 1. The number of amides is 1. The third-order valence-corrected chi connectivity index (χ3v) is 4.30. The maximum absolute atomic E-state index is 13.2. The van der Waals surface area contributed by atoms with Crippen LogP contribution >= 0.6 is 0 Å². The lowest BCUT2D eigenvalue weighted by atomic mass is 10.1. The molecule has 0 spiro atoms. The SMILES string of the molecule is O=C(c1cnc2c(ccn2-c2ccncn2)c1)N1CCC(F)CC1. The summed E-state index contributed by atoms with van der Waals surface area (Å²) in [4.78, 5) is 26.8. The first-order valence-electron chi connectivity index (χ1n) is 7.89. The summed E-state index contributed by atoms with van der Waals surface area (Å²) in [5.41, 5.74) is 1.26. The van der Waals surface area contributed by atoms with Gasteiger partial charge in [0.25, 0.3) is 5.91 Å². The van der Waals surface area contributed by atoms with Gasteiger partial charge in [0, 0.05) is 37.1 Å². The number of rotatable bonds is 2. The largest absolute Gasteiger partial charge is 0.338 e. The summed E-state index contributed by atoms with van der Waals surface area (Å²) >= 11 is 0. The molecule has 0 saturated carbocycles. The Bertz CT molecular complexity index is 871. The van der Waals surface area contributed by atoms with E-state index < -0.39 is 6.17 Å². The Balaban J connectivity index is 1.64. The highest BCUT2D eigenvalue weighted by atomic mass is 19.1. The highest BCUT2D eigenvalue weighted by Crippen LogP contribution is 2.20. The van der Waals surface area contributed by atoms with Crippen molar-refractivity contribution in [1.82, 2.24) is 24.4 Å². The van der Waals surface area contributed by atoms with Crippen LogP contribution in [0.3, 0.4) is 0 Å². The van der Waals surface area contributed by atoms with Crippen LogP contribution in [0.2, 0.25) is 0 Å². The van der Waals surface area contributed by atoms with E-state index in [0.29, 0.717) is 31.5 Å². The molecule has 4 rings (SSSR count). The lowest BCUT2D eigenvalue weighted by molar-refractivity contribution is 0.0667. The molecule has 0 atom stereocenters. The van der Waals surface area contributed by atoms with Gasteiger partial charge in [-0.15, -0.1) is 0 Å². The van der Waals surface area contributed by atoms with Gasteiger partial charge < -0.3 is 4.90 Å². The van der Waals surface area contributed by atoms with E-state index >= 15 is 0 Å². The third kappa shape index (κ3) is 2.62. The van der Waals surface area contributed by atoms with E-state index in [2.05, 4.69) is 15.0 Å². The van der Waals surface area contributed by atoms with Gasteiger partial charge in [0.1, 0.15) is 24.0 Å². The number of halogens is 1. The first kappa shape index (κ1) is 14.7. The molecule has 24 heavy (non-hydrogen) atoms. The van der Waals surface area contributed by atoms with E-state index in [4.69, 9.17) is 0 Å². The van der Waals surface area contributed by atoms with Crippen molar-refractivity contribution < 1.29 is 9.18 Å². The number of piperidine rings is 1. The minimum absolute atomic E-state index is 0.0916. The standard InChI is InChI=1S/C17H16FN5O/c18-14-3-6-22(7-4-14)17(24)13-9-12-2-8-23(16(12)20-10-13)15-1-5-19-11-21-15/h1-2,5,8-11,14H,3-4,6-7H2. The van der Waals surface area contributed by atoms with E-state index in [1.54, 1.807) is 23.4 Å². The lowest BCUT2D eigenvalue weighted by Gasteiger charge is -2.28. The first-order chi connectivity index (χ1) is 11.7. The van der Waals surface area contributed by atoms with E-state index in [1.165, 1.54) is 6.33 Å². The summed E-state index contributed by atoms with van der Waals surface area (Å²) in [7, 11) is 0. The molecule has 4 heterocycles. The molecule has 0 bridgehead atoms. The van der Waals surface area contributed by atoms with Crippen molar-refractivity contribution in [2.75, 3.05) is 13.1 Å². The Morgan fingerprint density at radius 2 is 2.04 bits per heavy atom. The first-order valence-corrected chi connectivity index (χ1v) is 7.89. The zero-order chi connectivity index (χ0) is 16.5. The molecule has 1 saturated heterocycles. The zero-order valence-corrected chi connectivity index (χ0v) is 13.0. The van der Waals surface area contributed by atoms with Crippen molar-refractivity contribution >= 4 is 16.9 Å². The molecular weight excluding hydrogens is 309 g/mol. The van der Waals surface area contributed by atoms with Crippen LogP contribution in [0.1, 0.15) is 23.2 Å². The molecule has 0 N–H and O–H groups in total. The number of likely N-dealkylation sites (tertiary alicyclic amines) is 1. The number of aromatic nitrogens is 4. The second-order valence-corrected chi connectivity index (χ2v) is 5.86.